The summed E-state index contributed by atoms with van der Waals surface area (Å²) < 4.78 is 12.7. The van der Waals surface area contributed by atoms with E-state index in [2.05, 4.69) is 20.9 Å². The molecule has 10 heteroatoms. The van der Waals surface area contributed by atoms with Crippen LogP contribution in [0.15, 0.2) is 58.2 Å². The highest BCUT2D eigenvalue weighted by Crippen LogP contribution is 2.51. The summed E-state index contributed by atoms with van der Waals surface area (Å²) in [5.41, 5.74) is 4.36. The lowest BCUT2D eigenvalue weighted by molar-refractivity contribution is -0.143. The first-order valence-corrected chi connectivity index (χ1v) is 16.2. The Bertz CT molecular complexity index is 1430. The SMILES string of the molecule is COCC1=C2[C@@H](CC/C(=C/c3cc(Br)ccc3O)c3ccccn3)OB(O)C[C@@H]2[C@@H]2C(=O)N(C3CCCCC3)C(=O)[C@@H]2C1. The Balaban J connectivity index is 1.32. The molecule has 3 fully saturated rings. The summed E-state index contributed by atoms with van der Waals surface area (Å²) in [5, 5.41) is 21.5. The Hall–Kier alpha value is -2.79. The highest BCUT2D eigenvalue weighted by Gasteiger charge is 2.58. The Labute approximate surface area is 261 Å². The number of carbonyl (C=O) groups excluding carboxylic acids is 2. The fraction of sp³-hybridized carbons (Fsp3) is 0.485. The number of fused-ring (bicyclic) bond motifs is 3. The van der Waals surface area contributed by atoms with Gasteiger partial charge in [-0.1, -0.05) is 41.3 Å². The number of nitrogens with zero attached hydrogens (tertiary/aromatic N) is 2. The Morgan fingerprint density at radius 3 is 2.72 bits per heavy atom. The molecule has 0 bridgehead atoms. The molecular weight excluding hydrogens is 611 g/mol. The monoisotopic (exact) mass is 648 g/mol. The van der Waals surface area contributed by atoms with Crippen molar-refractivity contribution in [1.29, 1.82) is 0 Å². The van der Waals surface area contributed by atoms with Crippen LogP contribution in [0.1, 0.15) is 62.6 Å². The van der Waals surface area contributed by atoms with Gasteiger partial charge in [-0.25, -0.2) is 0 Å². The number of halogens is 1. The number of likely N-dealkylation sites (tertiary alicyclic amines) is 1. The molecule has 2 aromatic rings. The molecule has 0 spiro atoms. The minimum Gasteiger partial charge on any atom is -0.507 e. The van der Waals surface area contributed by atoms with Crippen LogP contribution in [0, 0.1) is 17.8 Å². The molecule has 6 rings (SSSR count). The van der Waals surface area contributed by atoms with E-state index in [4.69, 9.17) is 9.39 Å². The van der Waals surface area contributed by atoms with Crippen LogP contribution in [-0.4, -0.2) is 64.8 Å². The molecule has 2 N–H and O–H groups in total. The average molecular weight is 649 g/mol. The number of allylic oxidation sites excluding steroid dienone is 1. The van der Waals surface area contributed by atoms with Gasteiger partial charge in [0.1, 0.15) is 5.75 Å². The normalized spacial score (nSPS) is 26.6. The standard InChI is InChI=1S/C33H38BBrN2O6/c1-42-19-22-17-25-31(33(40)37(32(25)39)24-7-3-2-4-8-24)26-18-34(41)43-29(30(22)26)13-10-20(27-9-5-6-14-36-27)15-21-16-23(35)11-12-28(21)38/h5-6,9,11-12,14-16,24-26,29,31,38,41H,2-4,7-8,10,13,17-19H2,1H3/b20-15-/t25-,26+,29-,31-/m1/s1. The maximum atomic E-state index is 14.0. The maximum Gasteiger partial charge on any atom is 0.455 e. The predicted molar refractivity (Wildman–Crippen MR) is 168 cm³/mol. The second kappa shape index (κ2) is 13.1. The second-order valence-electron chi connectivity index (χ2n) is 12.2. The summed E-state index contributed by atoms with van der Waals surface area (Å²) >= 11 is 3.49. The third-order valence-corrected chi connectivity index (χ3v) is 10.1. The Morgan fingerprint density at radius 2 is 1.98 bits per heavy atom. The molecule has 2 saturated heterocycles. The quantitative estimate of drug-likeness (QED) is 0.216. The minimum absolute atomic E-state index is 0.0188. The van der Waals surface area contributed by atoms with Crippen LogP contribution in [0.2, 0.25) is 6.32 Å². The summed E-state index contributed by atoms with van der Waals surface area (Å²) in [7, 11) is 0.606. The van der Waals surface area contributed by atoms with Crippen molar-refractivity contribution in [2.24, 2.45) is 17.8 Å². The zero-order chi connectivity index (χ0) is 30.1. The molecule has 1 aromatic carbocycles. The van der Waals surface area contributed by atoms with Crippen molar-refractivity contribution in [3.63, 3.8) is 0 Å². The number of phenolic OH excluding ortho intramolecular Hbond substituents is 1. The number of methoxy groups -OCH3 is 1. The molecule has 4 atom stereocenters. The van der Waals surface area contributed by atoms with E-state index in [1.54, 1.807) is 30.3 Å². The molecule has 226 valence electrons. The number of benzene rings is 1. The third kappa shape index (κ3) is 6.12. The summed E-state index contributed by atoms with van der Waals surface area (Å²) in [6.07, 6.45) is 10.0. The Morgan fingerprint density at radius 1 is 1.16 bits per heavy atom. The number of aromatic hydroxyl groups is 1. The highest BCUT2D eigenvalue weighted by atomic mass is 79.9. The zero-order valence-electron chi connectivity index (χ0n) is 24.5. The van der Waals surface area contributed by atoms with Crippen molar-refractivity contribution in [2.75, 3.05) is 13.7 Å². The van der Waals surface area contributed by atoms with Gasteiger partial charge in [-0.3, -0.25) is 19.5 Å². The number of aromatic nitrogens is 1. The Kier molecular flexibility index (Phi) is 9.19. The molecule has 0 radical (unpaired) electrons. The lowest BCUT2D eigenvalue weighted by atomic mass is 9.58. The molecule has 8 nitrogen and oxygen atoms in total. The summed E-state index contributed by atoms with van der Waals surface area (Å²) in [4.78, 5) is 33.9. The number of hydrogen-bond donors (Lipinski definition) is 2. The average Bonchev–Trinajstić information content (AvgIpc) is 3.26. The van der Waals surface area contributed by atoms with Crippen LogP contribution < -0.4 is 0 Å². The molecule has 1 saturated carbocycles. The highest BCUT2D eigenvalue weighted by molar-refractivity contribution is 9.10. The molecule has 2 amide bonds. The van der Waals surface area contributed by atoms with Gasteiger partial charge >= 0.3 is 7.12 Å². The van der Waals surface area contributed by atoms with Gasteiger partial charge < -0.3 is 19.5 Å². The molecule has 3 heterocycles. The zero-order valence-corrected chi connectivity index (χ0v) is 26.0. The fourth-order valence-electron chi connectivity index (χ4n) is 7.74. The van der Waals surface area contributed by atoms with Gasteiger partial charge in [0.05, 0.1) is 30.2 Å². The number of rotatable bonds is 8. The van der Waals surface area contributed by atoms with Gasteiger partial charge in [0.25, 0.3) is 0 Å². The summed E-state index contributed by atoms with van der Waals surface area (Å²) in [6, 6.07) is 11.0. The lowest BCUT2D eigenvalue weighted by Crippen LogP contribution is -2.47. The topological polar surface area (TPSA) is 109 Å². The third-order valence-electron chi connectivity index (χ3n) is 9.59. The number of imide groups is 1. The summed E-state index contributed by atoms with van der Waals surface area (Å²) in [5.74, 6) is -1.14. The van der Waals surface area contributed by atoms with Crippen LogP contribution in [-0.2, 0) is 19.0 Å². The van der Waals surface area contributed by atoms with Crippen LogP contribution in [0.3, 0.4) is 0 Å². The van der Waals surface area contributed by atoms with E-state index >= 15 is 0 Å². The number of phenols is 1. The van der Waals surface area contributed by atoms with Crippen molar-refractivity contribution >= 4 is 46.5 Å². The largest absolute Gasteiger partial charge is 0.507 e. The molecule has 2 aliphatic heterocycles. The van der Waals surface area contributed by atoms with Crippen LogP contribution in [0.4, 0.5) is 0 Å². The molecule has 0 unspecified atom stereocenters. The van der Waals surface area contributed by atoms with E-state index in [1.165, 1.54) is 0 Å². The second-order valence-corrected chi connectivity index (χ2v) is 13.1. The van der Waals surface area contributed by atoms with E-state index in [-0.39, 0.29) is 35.8 Å². The predicted octanol–water partition coefficient (Wildman–Crippen LogP) is 5.65. The van der Waals surface area contributed by atoms with Gasteiger partial charge in [0.2, 0.25) is 11.8 Å². The number of ether oxygens (including phenoxy) is 1. The van der Waals surface area contributed by atoms with Crippen molar-refractivity contribution in [3.8, 4) is 5.75 Å². The van der Waals surface area contributed by atoms with E-state index in [0.717, 1.165) is 59.0 Å². The van der Waals surface area contributed by atoms with Gasteiger partial charge in [-0.15, -0.1) is 0 Å². The van der Waals surface area contributed by atoms with E-state index < -0.39 is 25.1 Å². The van der Waals surface area contributed by atoms with E-state index in [9.17, 15) is 19.7 Å². The van der Waals surface area contributed by atoms with Crippen LogP contribution >= 0.6 is 15.9 Å². The molecule has 2 aliphatic carbocycles. The van der Waals surface area contributed by atoms with Gasteiger partial charge in [-0.05, 0) is 97.5 Å². The fourth-order valence-corrected chi connectivity index (χ4v) is 8.12. The molecular formula is C33H38BBrN2O6. The van der Waals surface area contributed by atoms with Crippen LogP contribution in [0.25, 0.3) is 11.6 Å². The van der Waals surface area contributed by atoms with Crippen molar-refractivity contribution in [3.05, 3.63) is 69.5 Å². The van der Waals surface area contributed by atoms with Gasteiger partial charge in [0, 0.05) is 29.4 Å². The number of hydrogen-bond acceptors (Lipinski definition) is 7. The van der Waals surface area contributed by atoms with Crippen molar-refractivity contribution < 1.29 is 29.1 Å². The van der Waals surface area contributed by atoms with Gasteiger partial charge in [0.15, 0.2) is 0 Å². The first-order chi connectivity index (χ1) is 20.9. The number of amides is 2. The first kappa shape index (κ1) is 30.3. The first-order valence-electron chi connectivity index (χ1n) is 15.4. The van der Waals surface area contributed by atoms with Crippen molar-refractivity contribution in [1.82, 2.24) is 9.88 Å². The molecule has 1 aromatic heterocycles. The minimum atomic E-state index is -1.04. The van der Waals surface area contributed by atoms with E-state index in [1.807, 2.05) is 30.3 Å². The lowest BCUT2D eigenvalue weighted by Gasteiger charge is -2.43. The van der Waals surface area contributed by atoms with Gasteiger partial charge in [-0.2, -0.15) is 0 Å². The maximum absolute atomic E-state index is 14.0. The van der Waals surface area contributed by atoms with E-state index in [0.29, 0.717) is 31.4 Å². The molecule has 43 heavy (non-hydrogen) atoms. The number of carbonyl (C=O) groups is 2. The smallest absolute Gasteiger partial charge is 0.455 e. The molecule has 4 aliphatic rings. The van der Waals surface area contributed by atoms with Crippen LogP contribution in [0.5, 0.6) is 5.75 Å². The van der Waals surface area contributed by atoms with Crippen molar-refractivity contribution in [2.45, 2.75) is 69.8 Å². The number of pyridine rings is 1. The summed E-state index contributed by atoms with van der Waals surface area (Å²) in [6.45, 7) is 0.352.